The molecule has 2 unspecified atom stereocenters. The summed E-state index contributed by atoms with van der Waals surface area (Å²) in [7, 11) is 0. The van der Waals surface area contributed by atoms with Crippen molar-refractivity contribution in [1.82, 2.24) is 15.5 Å². The molecule has 2 fully saturated rings. The van der Waals surface area contributed by atoms with Gasteiger partial charge in [-0.25, -0.2) is 4.39 Å². The van der Waals surface area contributed by atoms with Crippen LogP contribution in [0.25, 0.3) is 0 Å². The smallest absolute Gasteiger partial charge is 0.242 e. The van der Waals surface area contributed by atoms with E-state index in [1.807, 2.05) is 0 Å². The molecule has 0 spiro atoms. The van der Waals surface area contributed by atoms with E-state index in [4.69, 9.17) is 0 Å². The lowest BCUT2D eigenvalue weighted by Crippen LogP contribution is -2.64. The van der Waals surface area contributed by atoms with E-state index in [9.17, 15) is 18.8 Å². The quantitative estimate of drug-likeness (QED) is 0.844. The van der Waals surface area contributed by atoms with Gasteiger partial charge in [-0.3, -0.25) is 14.4 Å². The van der Waals surface area contributed by atoms with Crippen molar-refractivity contribution < 1.29 is 18.8 Å². The number of fused-ring (bicyclic) bond motifs is 1. The second kappa shape index (κ2) is 7.63. The van der Waals surface area contributed by atoms with Crippen LogP contribution in [0.2, 0.25) is 0 Å². The Morgan fingerprint density at radius 1 is 1.28 bits per heavy atom. The second-order valence-corrected chi connectivity index (χ2v) is 6.63. The average molecular weight is 347 g/mol. The molecule has 0 aromatic heterocycles. The SMILES string of the molecule is O=C(Cc1cccc(F)c1)NCC(=O)N1CC(=O)NC2CCCCC21. The number of nitrogens with one attached hydrogen (secondary N) is 2. The summed E-state index contributed by atoms with van der Waals surface area (Å²) in [5.74, 6) is -1.15. The minimum atomic E-state index is -0.399. The molecule has 2 atom stereocenters. The molecule has 134 valence electrons. The molecular weight excluding hydrogens is 325 g/mol. The molecule has 1 heterocycles. The molecule has 25 heavy (non-hydrogen) atoms. The fourth-order valence-electron chi connectivity index (χ4n) is 3.62. The lowest BCUT2D eigenvalue weighted by molar-refractivity contribution is -0.144. The molecule has 0 bridgehead atoms. The molecule has 7 heteroatoms. The van der Waals surface area contributed by atoms with Crippen LogP contribution >= 0.6 is 0 Å². The molecule has 1 aliphatic heterocycles. The van der Waals surface area contributed by atoms with E-state index in [2.05, 4.69) is 10.6 Å². The molecule has 2 aliphatic rings. The first-order valence-electron chi connectivity index (χ1n) is 8.63. The Labute approximate surface area is 145 Å². The number of piperazine rings is 1. The molecule has 1 aromatic rings. The van der Waals surface area contributed by atoms with Crippen molar-refractivity contribution in [3.05, 3.63) is 35.6 Å². The van der Waals surface area contributed by atoms with Gasteiger partial charge in [0, 0.05) is 6.04 Å². The fourth-order valence-corrected chi connectivity index (χ4v) is 3.62. The Balaban J connectivity index is 1.54. The van der Waals surface area contributed by atoms with Crippen LogP contribution in [0.4, 0.5) is 4.39 Å². The summed E-state index contributed by atoms with van der Waals surface area (Å²) in [4.78, 5) is 37.9. The van der Waals surface area contributed by atoms with Crippen LogP contribution in [-0.4, -0.2) is 47.8 Å². The van der Waals surface area contributed by atoms with Gasteiger partial charge in [0.2, 0.25) is 17.7 Å². The van der Waals surface area contributed by atoms with Gasteiger partial charge in [0.15, 0.2) is 0 Å². The van der Waals surface area contributed by atoms with Gasteiger partial charge in [-0.2, -0.15) is 0 Å². The molecular formula is C18H22FN3O3. The molecule has 0 radical (unpaired) electrons. The number of carbonyl (C=O) groups is 3. The van der Waals surface area contributed by atoms with E-state index in [0.717, 1.165) is 25.7 Å². The minimum absolute atomic E-state index is 0.0115. The topological polar surface area (TPSA) is 78.5 Å². The van der Waals surface area contributed by atoms with Crippen molar-refractivity contribution in [3.8, 4) is 0 Å². The van der Waals surface area contributed by atoms with E-state index in [0.29, 0.717) is 5.56 Å². The number of halogens is 1. The molecule has 2 N–H and O–H groups in total. The monoisotopic (exact) mass is 347 g/mol. The van der Waals surface area contributed by atoms with Crippen LogP contribution in [0, 0.1) is 5.82 Å². The first-order valence-corrected chi connectivity index (χ1v) is 8.63. The number of carbonyl (C=O) groups excluding carboxylic acids is 3. The Morgan fingerprint density at radius 3 is 2.88 bits per heavy atom. The summed E-state index contributed by atoms with van der Waals surface area (Å²) >= 11 is 0. The zero-order valence-electron chi connectivity index (χ0n) is 14.0. The van der Waals surface area contributed by atoms with Crippen LogP contribution < -0.4 is 10.6 Å². The number of rotatable bonds is 4. The maximum Gasteiger partial charge on any atom is 0.242 e. The van der Waals surface area contributed by atoms with Crippen molar-refractivity contribution in [2.24, 2.45) is 0 Å². The van der Waals surface area contributed by atoms with Gasteiger partial charge in [0.1, 0.15) is 5.82 Å². The summed E-state index contributed by atoms with van der Waals surface area (Å²) < 4.78 is 13.1. The van der Waals surface area contributed by atoms with E-state index in [1.54, 1.807) is 17.0 Å². The Bertz CT molecular complexity index is 679. The highest BCUT2D eigenvalue weighted by Gasteiger charge is 2.38. The minimum Gasteiger partial charge on any atom is -0.350 e. The predicted octanol–water partition coefficient (Wildman–Crippen LogP) is 0.754. The summed E-state index contributed by atoms with van der Waals surface area (Å²) in [6, 6.07) is 5.83. The highest BCUT2D eigenvalue weighted by atomic mass is 19.1. The maximum atomic E-state index is 13.1. The van der Waals surface area contributed by atoms with Gasteiger partial charge in [0.05, 0.1) is 25.6 Å². The summed E-state index contributed by atoms with van der Waals surface area (Å²) in [6.07, 6.45) is 3.85. The summed E-state index contributed by atoms with van der Waals surface area (Å²) in [5.41, 5.74) is 0.551. The van der Waals surface area contributed by atoms with Crippen LogP contribution in [-0.2, 0) is 20.8 Å². The van der Waals surface area contributed by atoms with Gasteiger partial charge in [0.25, 0.3) is 0 Å². The number of hydrogen-bond acceptors (Lipinski definition) is 3. The van der Waals surface area contributed by atoms with Crippen molar-refractivity contribution in [1.29, 1.82) is 0 Å². The largest absolute Gasteiger partial charge is 0.350 e. The number of hydrogen-bond donors (Lipinski definition) is 2. The third-order valence-electron chi connectivity index (χ3n) is 4.80. The van der Waals surface area contributed by atoms with Gasteiger partial charge < -0.3 is 15.5 Å². The fraction of sp³-hybridized carbons (Fsp3) is 0.500. The molecule has 1 saturated heterocycles. The van der Waals surface area contributed by atoms with Crippen LogP contribution in [0.1, 0.15) is 31.2 Å². The highest BCUT2D eigenvalue weighted by molar-refractivity contribution is 5.90. The zero-order valence-corrected chi connectivity index (χ0v) is 14.0. The van der Waals surface area contributed by atoms with Crippen molar-refractivity contribution in [3.63, 3.8) is 0 Å². The summed E-state index contributed by atoms with van der Waals surface area (Å²) in [6.45, 7) is -0.107. The van der Waals surface area contributed by atoms with Crippen molar-refractivity contribution in [2.75, 3.05) is 13.1 Å². The number of amides is 3. The molecule has 6 nitrogen and oxygen atoms in total. The first-order chi connectivity index (χ1) is 12.0. The third-order valence-corrected chi connectivity index (χ3v) is 4.80. The van der Waals surface area contributed by atoms with Crippen LogP contribution in [0.3, 0.4) is 0 Å². The van der Waals surface area contributed by atoms with E-state index in [1.165, 1.54) is 12.1 Å². The molecule has 1 aromatic carbocycles. The Kier molecular flexibility index (Phi) is 5.31. The number of nitrogens with zero attached hydrogens (tertiary/aromatic N) is 1. The van der Waals surface area contributed by atoms with E-state index < -0.39 is 5.82 Å². The van der Waals surface area contributed by atoms with Gasteiger partial charge >= 0.3 is 0 Å². The van der Waals surface area contributed by atoms with Gasteiger partial charge in [-0.05, 0) is 30.5 Å². The van der Waals surface area contributed by atoms with E-state index >= 15 is 0 Å². The lowest BCUT2D eigenvalue weighted by atomic mass is 9.87. The van der Waals surface area contributed by atoms with E-state index in [-0.39, 0.29) is 49.3 Å². The predicted molar refractivity (Wildman–Crippen MR) is 89.0 cm³/mol. The van der Waals surface area contributed by atoms with Crippen LogP contribution in [0.15, 0.2) is 24.3 Å². The van der Waals surface area contributed by atoms with Crippen molar-refractivity contribution in [2.45, 2.75) is 44.2 Å². The highest BCUT2D eigenvalue weighted by Crippen LogP contribution is 2.25. The van der Waals surface area contributed by atoms with Crippen LogP contribution in [0.5, 0.6) is 0 Å². The molecule has 3 amide bonds. The maximum absolute atomic E-state index is 13.1. The van der Waals surface area contributed by atoms with Gasteiger partial charge in [-0.15, -0.1) is 0 Å². The molecule has 3 rings (SSSR count). The second-order valence-electron chi connectivity index (χ2n) is 6.63. The standard InChI is InChI=1S/C18H22FN3O3/c19-13-5-3-4-12(8-13)9-16(23)20-10-18(25)22-11-17(24)21-14-6-1-2-7-15(14)22/h3-5,8,14-15H,1-2,6-7,9-11H2,(H,20,23)(H,21,24). The normalized spacial score (nSPS) is 22.8. The molecule has 1 aliphatic carbocycles. The van der Waals surface area contributed by atoms with Crippen molar-refractivity contribution >= 4 is 17.7 Å². The zero-order chi connectivity index (χ0) is 17.8. The average Bonchev–Trinajstić information content (AvgIpc) is 2.59. The van der Waals surface area contributed by atoms with Gasteiger partial charge in [-0.1, -0.05) is 25.0 Å². The Hall–Kier alpha value is -2.44. The summed E-state index contributed by atoms with van der Waals surface area (Å²) in [5, 5.41) is 5.52. The Morgan fingerprint density at radius 2 is 2.08 bits per heavy atom. The lowest BCUT2D eigenvalue weighted by Gasteiger charge is -2.43. The molecule has 1 saturated carbocycles. The third kappa shape index (κ3) is 4.35. The first kappa shape index (κ1) is 17.4. The number of benzene rings is 1.